The molecule has 0 bridgehead atoms. The van der Waals surface area contributed by atoms with E-state index in [1.54, 1.807) is 29.6 Å². The van der Waals surface area contributed by atoms with Crippen LogP contribution >= 0.6 is 11.3 Å². The molecule has 36 heavy (non-hydrogen) atoms. The first-order valence-corrected chi connectivity index (χ1v) is 11.0. The van der Waals surface area contributed by atoms with Gasteiger partial charge in [0.2, 0.25) is 0 Å². The predicted octanol–water partition coefficient (Wildman–Crippen LogP) is 7.38. The number of hydrogen-bond donors (Lipinski definition) is 3. The van der Waals surface area contributed by atoms with E-state index in [9.17, 15) is 33.0 Å². The maximum absolute atomic E-state index is 12.9. The number of benzene rings is 3. The van der Waals surface area contributed by atoms with E-state index in [0.29, 0.717) is 22.1 Å². The predicted molar refractivity (Wildman–Crippen MR) is 127 cm³/mol. The van der Waals surface area contributed by atoms with Crippen LogP contribution in [-0.2, 0) is 6.18 Å². The lowest BCUT2D eigenvalue weighted by Gasteiger charge is -2.08. The Balaban J connectivity index is 1.54. The molecule has 0 fully saturated rings. The standard InChI is InChI=1S/C24H15F3N4O4S/c25-24(26,27)16-4-2-5-17(11-16)28-23-29-20(12-36-23)13-3-1-6-18(8-13)30-31-19-9-14(21(32)33)7-15(10-19)22(34)35/h1-12H,(H,28,29)(H,32,33)(H,34,35)/b31-30+. The molecule has 4 aromatic rings. The van der Waals surface area contributed by atoms with E-state index in [1.165, 1.54) is 35.6 Å². The van der Waals surface area contributed by atoms with Crippen molar-refractivity contribution in [3.05, 3.63) is 88.8 Å². The fraction of sp³-hybridized carbons (Fsp3) is 0.0417. The van der Waals surface area contributed by atoms with Crippen LogP contribution in [0, 0.1) is 0 Å². The van der Waals surface area contributed by atoms with Crippen LogP contribution in [0.1, 0.15) is 26.3 Å². The van der Waals surface area contributed by atoms with Gasteiger partial charge < -0.3 is 15.5 Å². The minimum absolute atomic E-state index is 0.0546. The third kappa shape index (κ3) is 5.91. The van der Waals surface area contributed by atoms with Crippen molar-refractivity contribution in [3.63, 3.8) is 0 Å². The molecule has 0 aliphatic carbocycles. The summed E-state index contributed by atoms with van der Waals surface area (Å²) in [5.74, 6) is -2.59. The molecule has 1 aromatic heterocycles. The summed E-state index contributed by atoms with van der Waals surface area (Å²) in [5.41, 5.74) is 0.661. The van der Waals surface area contributed by atoms with Gasteiger partial charge in [-0.25, -0.2) is 14.6 Å². The summed E-state index contributed by atoms with van der Waals surface area (Å²) in [6.07, 6.45) is -4.45. The monoisotopic (exact) mass is 512 g/mol. The van der Waals surface area contributed by atoms with Crippen LogP contribution in [0.25, 0.3) is 11.3 Å². The Morgan fingerprint density at radius 1 is 0.861 bits per heavy atom. The number of halogens is 3. The second-order valence-corrected chi connectivity index (χ2v) is 8.23. The Labute approximate surface area is 205 Å². The van der Waals surface area contributed by atoms with E-state index in [0.717, 1.165) is 18.2 Å². The molecule has 0 aliphatic heterocycles. The van der Waals surface area contributed by atoms with Crippen molar-refractivity contribution < 1.29 is 33.0 Å². The number of rotatable bonds is 7. The summed E-state index contributed by atoms with van der Waals surface area (Å²) in [7, 11) is 0. The highest BCUT2D eigenvalue weighted by Crippen LogP contribution is 2.33. The summed E-state index contributed by atoms with van der Waals surface area (Å²) in [5, 5.41) is 31.4. The number of carbonyl (C=O) groups is 2. The zero-order valence-corrected chi connectivity index (χ0v) is 18.8. The molecule has 0 unspecified atom stereocenters. The molecule has 8 nitrogen and oxygen atoms in total. The number of azo groups is 1. The quantitative estimate of drug-likeness (QED) is 0.222. The number of thiazole rings is 1. The van der Waals surface area contributed by atoms with Crippen LogP contribution in [0.15, 0.2) is 82.3 Å². The van der Waals surface area contributed by atoms with Gasteiger partial charge in [0, 0.05) is 16.6 Å². The molecule has 12 heteroatoms. The second-order valence-electron chi connectivity index (χ2n) is 7.37. The van der Waals surface area contributed by atoms with E-state index in [2.05, 4.69) is 20.5 Å². The number of nitrogens with one attached hydrogen (secondary N) is 1. The first kappa shape index (κ1) is 24.5. The second kappa shape index (κ2) is 9.96. The van der Waals surface area contributed by atoms with Gasteiger partial charge in [0.15, 0.2) is 5.13 Å². The number of alkyl halides is 3. The Hall–Kier alpha value is -4.58. The van der Waals surface area contributed by atoms with Crippen LogP contribution in [0.4, 0.5) is 35.4 Å². The molecule has 0 amide bonds. The minimum Gasteiger partial charge on any atom is -0.478 e. The van der Waals surface area contributed by atoms with Crippen LogP contribution in [-0.4, -0.2) is 27.1 Å². The van der Waals surface area contributed by atoms with E-state index >= 15 is 0 Å². The molecule has 4 rings (SSSR count). The van der Waals surface area contributed by atoms with Gasteiger partial charge in [-0.1, -0.05) is 18.2 Å². The zero-order chi connectivity index (χ0) is 25.9. The van der Waals surface area contributed by atoms with Crippen LogP contribution in [0.2, 0.25) is 0 Å². The number of anilines is 2. The molecule has 3 N–H and O–H groups in total. The van der Waals surface area contributed by atoms with Crippen molar-refractivity contribution in [2.45, 2.75) is 6.18 Å². The Morgan fingerprint density at radius 2 is 1.53 bits per heavy atom. The molecule has 0 spiro atoms. The van der Waals surface area contributed by atoms with Gasteiger partial charge in [0.1, 0.15) is 0 Å². The third-order valence-electron chi connectivity index (χ3n) is 4.78. The molecule has 182 valence electrons. The Morgan fingerprint density at radius 3 is 2.19 bits per heavy atom. The van der Waals surface area contributed by atoms with Crippen molar-refractivity contribution >= 4 is 45.5 Å². The smallest absolute Gasteiger partial charge is 0.416 e. The van der Waals surface area contributed by atoms with E-state index in [4.69, 9.17) is 0 Å². The van der Waals surface area contributed by atoms with Crippen LogP contribution in [0.3, 0.4) is 0 Å². The van der Waals surface area contributed by atoms with Crippen molar-refractivity contribution in [1.82, 2.24) is 4.98 Å². The van der Waals surface area contributed by atoms with Crippen molar-refractivity contribution in [3.8, 4) is 11.3 Å². The van der Waals surface area contributed by atoms with Crippen LogP contribution < -0.4 is 5.32 Å². The number of hydrogen-bond acceptors (Lipinski definition) is 7. The maximum Gasteiger partial charge on any atom is 0.416 e. The van der Waals surface area contributed by atoms with Gasteiger partial charge in [-0.15, -0.1) is 11.3 Å². The van der Waals surface area contributed by atoms with Gasteiger partial charge in [0.25, 0.3) is 0 Å². The average Bonchev–Trinajstić information content (AvgIpc) is 3.31. The SMILES string of the molecule is O=C(O)c1cc(/N=N/c2cccc(-c3csc(Nc4cccc(C(F)(F)F)c4)n3)c2)cc(C(=O)O)c1. The molecule has 0 radical (unpaired) electrons. The molecule has 1 heterocycles. The summed E-state index contributed by atoms with van der Waals surface area (Å²) in [4.78, 5) is 26.9. The lowest BCUT2D eigenvalue weighted by atomic mass is 10.1. The third-order valence-corrected chi connectivity index (χ3v) is 5.54. The first-order chi connectivity index (χ1) is 17.1. The lowest BCUT2D eigenvalue weighted by Crippen LogP contribution is -2.05. The number of nitrogens with zero attached hydrogens (tertiary/aromatic N) is 3. The van der Waals surface area contributed by atoms with Gasteiger partial charge >= 0.3 is 18.1 Å². The van der Waals surface area contributed by atoms with E-state index in [-0.39, 0.29) is 22.5 Å². The van der Waals surface area contributed by atoms with Gasteiger partial charge in [-0.3, -0.25) is 0 Å². The van der Waals surface area contributed by atoms with Crippen LogP contribution in [0.5, 0.6) is 0 Å². The summed E-state index contributed by atoms with van der Waals surface area (Å²) < 4.78 is 38.8. The zero-order valence-electron chi connectivity index (χ0n) is 18.0. The summed E-state index contributed by atoms with van der Waals surface area (Å²) in [6.45, 7) is 0. The minimum atomic E-state index is -4.45. The average molecular weight is 512 g/mol. The molecular weight excluding hydrogens is 497 g/mol. The normalized spacial score (nSPS) is 11.5. The first-order valence-electron chi connectivity index (χ1n) is 10.1. The number of carboxylic acid groups (broad SMARTS) is 2. The lowest BCUT2D eigenvalue weighted by molar-refractivity contribution is -0.137. The van der Waals surface area contributed by atoms with Crippen molar-refractivity contribution in [1.29, 1.82) is 0 Å². The summed E-state index contributed by atoms with van der Waals surface area (Å²) >= 11 is 1.21. The van der Waals surface area contributed by atoms with E-state index < -0.39 is 23.7 Å². The molecule has 0 atom stereocenters. The largest absolute Gasteiger partial charge is 0.478 e. The topological polar surface area (TPSA) is 124 Å². The molecule has 0 saturated carbocycles. The van der Waals surface area contributed by atoms with Gasteiger partial charge in [-0.2, -0.15) is 23.4 Å². The number of aromatic carboxylic acids is 2. The van der Waals surface area contributed by atoms with Crippen molar-refractivity contribution in [2.75, 3.05) is 5.32 Å². The van der Waals surface area contributed by atoms with Crippen molar-refractivity contribution in [2.24, 2.45) is 10.2 Å². The fourth-order valence-corrected chi connectivity index (χ4v) is 3.86. The molecule has 0 saturated heterocycles. The number of carboxylic acids is 2. The highest BCUT2D eigenvalue weighted by atomic mass is 32.1. The highest BCUT2D eigenvalue weighted by Gasteiger charge is 2.30. The molecule has 0 aliphatic rings. The maximum atomic E-state index is 12.9. The number of aromatic nitrogens is 1. The molecule has 3 aromatic carbocycles. The Kier molecular flexibility index (Phi) is 6.79. The highest BCUT2D eigenvalue weighted by molar-refractivity contribution is 7.14. The van der Waals surface area contributed by atoms with E-state index in [1.807, 2.05) is 0 Å². The van der Waals surface area contributed by atoms with Gasteiger partial charge in [0.05, 0.1) is 33.8 Å². The fourth-order valence-electron chi connectivity index (χ4n) is 3.12. The molecular formula is C24H15F3N4O4S. The Bertz CT molecular complexity index is 1450. The summed E-state index contributed by atoms with van der Waals surface area (Å²) in [6, 6.07) is 15.0. The van der Waals surface area contributed by atoms with Gasteiger partial charge in [-0.05, 0) is 48.5 Å².